The van der Waals surface area contributed by atoms with Crippen LogP contribution in [0.1, 0.15) is 30.0 Å². The maximum atomic E-state index is 12.5. The van der Waals surface area contributed by atoms with E-state index in [2.05, 4.69) is 0 Å². The van der Waals surface area contributed by atoms with E-state index in [0.717, 1.165) is 12.1 Å². The second-order valence-electron chi connectivity index (χ2n) is 3.86. The average Bonchev–Trinajstić information content (AvgIpc) is 2.23. The third kappa shape index (κ3) is 6.67. The zero-order valence-corrected chi connectivity index (χ0v) is 13.6. The molecule has 0 bridgehead atoms. The topological polar surface area (TPSA) is 0 Å². The van der Waals surface area contributed by atoms with E-state index < -0.39 is 23.5 Å². The molecule has 0 aliphatic carbocycles. The summed E-state index contributed by atoms with van der Waals surface area (Å²) in [6.45, 7) is 1.69. The fourth-order valence-corrected chi connectivity index (χ4v) is 1.47. The molecule has 0 saturated heterocycles. The van der Waals surface area contributed by atoms with Gasteiger partial charge in [-0.15, -0.1) is 0 Å². The van der Waals surface area contributed by atoms with Crippen LogP contribution in [0, 0.1) is 6.42 Å². The summed E-state index contributed by atoms with van der Waals surface area (Å²) in [5.74, 6) is 0. The first kappa shape index (κ1) is 22.3. The quantitative estimate of drug-likeness (QED) is 0.428. The van der Waals surface area contributed by atoms with E-state index in [1.807, 2.05) is 0 Å². The molecule has 1 rings (SSSR count). The van der Waals surface area contributed by atoms with Crippen LogP contribution in [0.25, 0.3) is 0 Å². The van der Waals surface area contributed by atoms with Gasteiger partial charge in [0.15, 0.2) is 0 Å². The molecule has 0 saturated carbocycles. The van der Waals surface area contributed by atoms with Gasteiger partial charge in [-0.1, -0.05) is 6.42 Å². The number of alkyl halides is 6. The van der Waals surface area contributed by atoms with Crippen molar-refractivity contribution in [3.63, 3.8) is 0 Å². The summed E-state index contributed by atoms with van der Waals surface area (Å²) in [6.07, 6.45) is -7.27. The van der Waals surface area contributed by atoms with Crippen molar-refractivity contribution in [1.82, 2.24) is 0 Å². The Balaban J connectivity index is 0. The molecule has 0 atom stereocenters. The van der Waals surface area contributed by atoms with Crippen LogP contribution in [0.3, 0.4) is 0 Å². The third-order valence-corrected chi connectivity index (χ3v) is 2.37. The molecule has 0 heterocycles. The predicted octanol–water partition coefficient (Wildman–Crippen LogP) is 1.50. The molecule has 1 aromatic rings. The standard InChI is InChI=1S/C12H11F6.BrH.Mg/c1-2-3-4-8-5-9(11(13,14)15)7-10(6-8)12(16,17)18;;/h2,5-7H,3-4H2,1H3;1H;/q-1;;+2/p-1. The molecule has 0 nitrogen and oxygen atoms in total. The summed E-state index contributed by atoms with van der Waals surface area (Å²) in [5, 5.41) is 0. The number of hydrogen-bond acceptors (Lipinski definition) is 0. The number of unbranched alkanes of at least 4 members (excludes halogenated alkanes) is 1. The smallest absolute Gasteiger partial charge is 1.00 e. The van der Waals surface area contributed by atoms with Crippen molar-refractivity contribution in [2.24, 2.45) is 0 Å². The van der Waals surface area contributed by atoms with Crippen molar-refractivity contribution in [3.8, 4) is 0 Å². The van der Waals surface area contributed by atoms with Gasteiger partial charge in [-0.3, -0.25) is 0 Å². The Morgan fingerprint density at radius 3 is 1.60 bits per heavy atom. The summed E-state index contributed by atoms with van der Waals surface area (Å²) >= 11 is 0. The molecular formula is C12H11BrF6Mg. The molecule has 0 amide bonds. The molecule has 0 N–H and O–H groups in total. The molecule has 8 heteroatoms. The molecular weight excluding hydrogens is 362 g/mol. The molecule has 1 aromatic carbocycles. The van der Waals surface area contributed by atoms with Gasteiger partial charge in [0.2, 0.25) is 0 Å². The molecule has 0 radical (unpaired) electrons. The van der Waals surface area contributed by atoms with Gasteiger partial charge >= 0.3 is 35.4 Å². The van der Waals surface area contributed by atoms with Crippen LogP contribution in [0.2, 0.25) is 0 Å². The average molecular weight is 373 g/mol. The number of rotatable bonds is 3. The molecule has 0 spiro atoms. The van der Waals surface area contributed by atoms with E-state index in [-0.39, 0.29) is 58.1 Å². The minimum absolute atomic E-state index is 0. The monoisotopic (exact) mass is 372 g/mol. The Labute approximate surface area is 139 Å². The van der Waals surface area contributed by atoms with Gasteiger partial charge in [0.05, 0.1) is 11.1 Å². The van der Waals surface area contributed by atoms with E-state index in [4.69, 9.17) is 0 Å². The van der Waals surface area contributed by atoms with Crippen LogP contribution in [0.15, 0.2) is 18.2 Å². The Morgan fingerprint density at radius 2 is 1.30 bits per heavy atom. The van der Waals surface area contributed by atoms with Crippen LogP contribution in [-0.2, 0) is 18.8 Å². The van der Waals surface area contributed by atoms with Gasteiger partial charge in [0.25, 0.3) is 0 Å². The Bertz CT molecular complexity index is 381. The Hall–Kier alpha value is 0.0462. The van der Waals surface area contributed by atoms with E-state index in [0.29, 0.717) is 6.42 Å². The van der Waals surface area contributed by atoms with Crippen molar-refractivity contribution in [3.05, 3.63) is 41.3 Å². The molecule has 0 aliphatic rings. The van der Waals surface area contributed by atoms with E-state index in [9.17, 15) is 26.3 Å². The van der Waals surface area contributed by atoms with Gasteiger partial charge in [-0.05, 0) is 23.8 Å². The van der Waals surface area contributed by atoms with Gasteiger partial charge < -0.3 is 23.4 Å². The molecule has 0 aromatic heterocycles. The van der Waals surface area contributed by atoms with Crippen LogP contribution < -0.4 is 17.0 Å². The van der Waals surface area contributed by atoms with Crippen LogP contribution >= 0.6 is 0 Å². The van der Waals surface area contributed by atoms with Crippen molar-refractivity contribution in [2.75, 3.05) is 0 Å². The predicted molar refractivity (Wildman–Crippen MR) is 60.5 cm³/mol. The SMILES string of the molecule is C[CH-]CCc1cc(C(F)(F)F)cc(C(F)(F)F)c1.[Br-].[Mg+2]. The van der Waals surface area contributed by atoms with E-state index >= 15 is 0 Å². The summed E-state index contributed by atoms with van der Waals surface area (Å²) in [4.78, 5) is 0. The fraction of sp³-hybridized carbons (Fsp3) is 0.417. The second kappa shape index (κ2) is 8.48. The molecule has 20 heavy (non-hydrogen) atoms. The maximum absolute atomic E-state index is 12.5. The van der Waals surface area contributed by atoms with E-state index in [1.54, 1.807) is 13.3 Å². The molecule has 0 aliphatic heterocycles. The molecule has 110 valence electrons. The van der Waals surface area contributed by atoms with Crippen LogP contribution in [0.5, 0.6) is 0 Å². The first-order valence-electron chi connectivity index (χ1n) is 5.21. The van der Waals surface area contributed by atoms with Crippen molar-refractivity contribution in [1.29, 1.82) is 0 Å². The zero-order chi connectivity index (χ0) is 14.0. The second-order valence-corrected chi connectivity index (χ2v) is 3.86. The summed E-state index contributed by atoms with van der Waals surface area (Å²) in [5.41, 5.74) is -2.48. The summed E-state index contributed by atoms with van der Waals surface area (Å²) in [7, 11) is 0. The van der Waals surface area contributed by atoms with Crippen LogP contribution in [0.4, 0.5) is 26.3 Å². The van der Waals surface area contributed by atoms with Gasteiger partial charge in [0, 0.05) is 0 Å². The zero-order valence-electron chi connectivity index (χ0n) is 10.6. The number of halogens is 7. The van der Waals surface area contributed by atoms with Gasteiger partial charge in [-0.2, -0.15) is 39.7 Å². The number of hydrogen-bond donors (Lipinski definition) is 0. The largest absolute Gasteiger partial charge is 2.00 e. The van der Waals surface area contributed by atoms with Crippen molar-refractivity contribution < 1.29 is 43.3 Å². The van der Waals surface area contributed by atoms with E-state index in [1.165, 1.54) is 0 Å². The minimum Gasteiger partial charge on any atom is -1.00 e. The third-order valence-electron chi connectivity index (χ3n) is 2.37. The van der Waals surface area contributed by atoms with Gasteiger partial charge in [-0.25, -0.2) is 0 Å². The first-order chi connectivity index (χ1) is 8.14. The summed E-state index contributed by atoms with van der Waals surface area (Å²) < 4.78 is 74.9. The molecule has 0 fully saturated rings. The fourth-order valence-electron chi connectivity index (χ4n) is 1.47. The normalized spacial score (nSPS) is 11.6. The van der Waals surface area contributed by atoms with Crippen molar-refractivity contribution in [2.45, 2.75) is 32.1 Å². The minimum atomic E-state index is -4.77. The van der Waals surface area contributed by atoms with Crippen LogP contribution in [-0.4, -0.2) is 23.1 Å². The number of benzene rings is 1. The molecule has 0 unspecified atom stereocenters. The maximum Gasteiger partial charge on any atom is 2.00 e. The van der Waals surface area contributed by atoms with Crippen molar-refractivity contribution >= 4 is 23.1 Å². The summed E-state index contributed by atoms with van der Waals surface area (Å²) in [6, 6.07) is 1.66. The first-order valence-corrected chi connectivity index (χ1v) is 5.21. The Morgan fingerprint density at radius 1 is 0.900 bits per heavy atom. The number of aryl methyl sites for hydroxylation is 1. The Kier molecular flexibility index (Phi) is 9.47. The van der Waals surface area contributed by atoms with Gasteiger partial charge in [0.1, 0.15) is 0 Å².